The number of hydrogen-bond acceptors (Lipinski definition) is 4. The van der Waals surface area contributed by atoms with Crippen molar-refractivity contribution in [1.29, 1.82) is 0 Å². The molecule has 1 aromatic carbocycles. The second-order valence-electron chi connectivity index (χ2n) is 4.32. The maximum Gasteiger partial charge on any atom is 0.156 e. The molecule has 0 aromatic heterocycles. The third-order valence-electron chi connectivity index (χ3n) is 3.12. The van der Waals surface area contributed by atoms with E-state index in [2.05, 4.69) is 10.1 Å². The maximum absolute atomic E-state index is 9.40. The molecule has 1 heterocycles. The van der Waals surface area contributed by atoms with Crippen LogP contribution in [0.5, 0.6) is 5.75 Å². The molecule has 2 rings (SSSR count). The fraction of sp³-hybridized carbons (Fsp3) is 0.417. The summed E-state index contributed by atoms with van der Waals surface area (Å²) in [6, 6.07) is 7.17. The molecule has 0 aliphatic carbocycles. The fourth-order valence-electron chi connectivity index (χ4n) is 2.31. The molecule has 5 heteroatoms. The van der Waals surface area contributed by atoms with Gasteiger partial charge in [-0.1, -0.05) is 17.3 Å². The zero-order valence-corrected chi connectivity index (χ0v) is 9.58. The lowest BCUT2D eigenvalue weighted by atomic mass is 10.1. The first kappa shape index (κ1) is 11.7. The van der Waals surface area contributed by atoms with Crippen LogP contribution in [0, 0.1) is 0 Å². The minimum atomic E-state index is 0.00217. The number of nitrogens with zero attached hydrogens (tertiary/aromatic N) is 2. The number of phenols is 1. The number of benzene rings is 1. The summed E-state index contributed by atoms with van der Waals surface area (Å²) >= 11 is 0. The molecule has 1 aliphatic rings. The van der Waals surface area contributed by atoms with Crippen molar-refractivity contribution in [3.8, 4) is 5.75 Å². The van der Waals surface area contributed by atoms with E-state index in [0.29, 0.717) is 6.54 Å². The molecule has 0 amide bonds. The molecule has 0 radical (unpaired) electrons. The summed E-state index contributed by atoms with van der Waals surface area (Å²) in [6.07, 6.45) is 1.95. The standard InChI is InChI=1S/C12H17N3O2/c13-12(14-17)11-5-2-6-15(11)8-9-3-1-4-10(16)7-9/h1,3-4,7,11,16-17H,2,5-6,8H2,(H2,13,14). The van der Waals surface area contributed by atoms with Crippen molar-refractivity contribution in [1.82, 2.24) is 4.90 Å². The first-order chi connectivity index (χ1) is 8.20. The quantitative estimate of drug-likeness (QED) is 0.317. The van der Waals surface area contributed by atoms with E-state index in [9.17, 15) is 5.11 Å². The van der Waals surface area contributed by atoms with Crippen molar-refractivity contribution < 1.29 is 10.3 Å². The molecule has 1 fully saturated rings. The molecule has 1 unspecified atom stereocenters. The monoisotopic (exact) mass is 235 g/mol. The topological polar surface area (TPSA) is 82.1 Å². The highest BCUT2D eigenvalue weighted by Crippen LogP contribution is 2.21. The van der Waals surface area contributed by atoms with Gasteiger partial charge in [-0.3, -0.25) is 4.90 Å². The molecule has 1 atom stereocenters. The Morgan fingerprint density at radius 1 is 1.53 bits per heavy atom. The Labute approximate surface area is 100 Å². The van der Waals surface area contributed by atoms with Crippen molar-refractivity contribution in [2.45, 2.75) is 25.4 Å². The lowest BCUT2D eigenvalue weighted by molar-refractivity contribution is 0.274. The van der Waals surface area contributed by atoms with Crippen LogP contribution < -0.4 is 5.73 Å². The summed E-state index contributed by atoms with van der Waals surface area (Å²) in [4.78, 5) is 2.16. The predicted octanol–water partition coefficient (Wildman–Crippen LogP) is 1.10. The van der Waals surface area contributed by atoms with Crippen LogP contribution >= 0.6 is 0 Å². The Hall–Kier alpha value is -1.75. The number of aromatic hydroxyl groups is 1. The van der Waals surface area contributed by atoms with Gasteiger partial charge in [-0.05, 0) is 37.1 Å². The molecule has 0 bridgehead atoms. The van der Waals surface area contributed by atoms with Gasteiger partial charge in [0, 0.05) is 6.54 Å². The number of hydrogen-bond donors (Lipinski definition) is 3. The Morgan fingerprint density at radius 2 is 2.35 bits per heavy atom. The van der Waals surface area contributed by atoms with Crippen LogP contribution in [-0.2, 0) is 6.54 Å². The zero-order valence-electron chi connectivity index (χ0n) is 9.58. The van der Waals surface area contributed by atoms with Gasteiger partial charge in [0.2, 0.25) is 0 Å². The van der Waals surface area contributed by atoms with Crippen molar-refractivity contribution in [3.63, 3.8) is 0 Å². The predicted molar refractivity (Wildman–Crippen MR) is 64.9 cm³/mol. The van der Waals surface area contributed by atoms with Crippen LogP contribution in [0.25, 0.3) is 0 Å². The average molecular weight is 235 g/mol. The number of rotatable bonds is 3. The number of oxime groups is 1. The van der Waals surface area contributed by atoms with Crippen LogP contribution in [-0.4, -0.2) is 33.6 Å². The van der Waals surface area contributed by atoms with Gasteiger partial charge in [0.15, 0.2) is 5.84 Å². The highest BCUT2D eigenvalue weighted by molar-refractivity contribution is 5.85. The van der Waals surface area contributed by atoms with Crippen LogP contribution in [0.4, 0.5) is 0 Å². The zero-order chi connectivity index (χ0) is 12.3. The van der Waals surface area contributed by atoms with Gasteiger partial charge in [0.25, 0.3) is 0 Å². The van der Waals surface area contributed by atoms with E-state index in [1.54, 1.807) is 12.1 Å². The first-order valence-corrected chi connectivity index (χ1v) is 5.70. The molecule has 17 heavy (non-hydrogen) atoms. The first-order valence-electron chi connectivity index (χ1n) is 5.70. The molecule has 5 nitrogen and oxygen atoms in total. The normalized spacial score (nSPS) is 21.9. The van der Waals surface area contributed by atoms with E-state index in [4.69, 9.17) is 10.9 Å². The van der Waals surface area contributed by atoms with Gasteiger partial charge < -0.3 is 16.0 Å². The Morgan fingerprint density at radius 3 is 3.06 bits per heavy atom. The Balaban J connectivity index is 2.08. The van der Waals surface area contributed by atoms with Gasteiger partial charge in [0.1, 0.15) is 5.75 Å². The largest absolute Gasteiger partial charge is 0.508 e. The van der Waals surface area contributed by atoms with E-state index in [1.807, 2.05) is 12.1 Å². The molecular weight excluding hydrogens is 218 g/mol. The molecule has 0 saturated carbocycles. The average Bonchev–Trinajstić information content (AvgIpc) is 2.76. The van der Waals surface area contributed by atoms with Crippen LogP contribution in [0.1, 0.15) is 18.4 Å². The van der Waals surface area contributed by atoms with Crippen molar-refractivity contribution in [3.05, 3.63) is 29.8 Å². The minimum Gasteiger partial charge on any atom is -0.508 e. The molecule has 1 aliphatic heterocycles. The number of phenolic OH excluding ortho intramolecular Hbond substituents is 1. The lowest BCUT2D eigenvalue weighted by Crippen LogP contribution is -2.40. The second kappa shape index (κ2) is 5.05. The number of nitrogens with two attached hydrogens (primary N) is 1. The highest BCUT2D eigenvalue weighted by Gasteiger charge is 2.27. The summed E-state index contributed by atoms with van der Waals surface area (Å²) in [5, 5.41) is 21.2. The van der Waals surface area contributed by atoms with Crippen molar-refractivity contribution in [2.24, 2.45) is 10.9 Å². The Bertz CT molecular complexity index is 420. The summed E-state index contributed by atoms with van der Waals surface area (Å²) in [7, 11) is 0. The third kappa shape index (κ3) is 2.68. The van der Waals surface area contributed by atoms with Crippen LogP contribution in [0.3, 0.4) is 0 Å². The Kier molecular flexibility index (Phi) is 3.49. The highest BCUT2D eigenvalue weighted by atomic mass is 16.4. The van der Waals surface area contributed by atoms with E-state index >= 15 is 0 Å². The summed E-state index contributed by atoms with van der Waals surface area (Å²) in [5.74, 6) is 0.532. The van der Waals surface area contributed by atoms with Gasteiger partial charge >= 0.3 is 0 Å². The van der Waals surface area contributed by atoms with Crippen LogP contribution in [0.15, 0.2) is 29.4 Å². The SMILES string of the molecule is NC(=NO)C1CCCN1Cc1cccc(O)c1. The van der Waals surface area contributed by atoms with E-state index in [-0.39, 0.29) is 17.6 Å². The van der Waals surface area contributed by atoms with E-state index in [0.717, 1.165) is 24.9 Å². The summed E-state index contributed by atoms with van der Waals surface area (Å²) in [5.41, 5.74) is 6.69. The van der Waals surface area contributed by atoms with E-state index in [1.165, 1.54) is 0 Å². The molecule has 4 N–H and O–H groups in total. The summed E-state index contributed by atoms with van der Waals surface area (Å²) in [6.45, 7) is 1.63. The van der Waals surface area contributed by atoms with Gasteiger partial charge in [0.05, 0.1) is 6.04 Å². The maximum atomic E-state index is 9.40. The van der Waals surface area contributed by atoms with Crippen molar-refractivity contribution in [2.75, 3.05) is 6.54 Å². The molecule has 0 spiro atoms. The number of likely N-dealkylation sites (tertiary alicyclic amines) is 1. The summed E-state index contributed by atoms with van der Waals surface area (Å²) < 4.78 is 0. The minimum absolute atomic E-state index is 0.00217. The third-order valence-corrected chi connectivity index (χ3v) is 3.12. The lowest BCUT2D eigenvalue weighted by Gasteiger charge is -2.23. The molecular formula is C12H17N3O2. The number of amidine groups is 1. The second-order valence-corrected chi connectivity index (χ2v) is 4.32. The van der Waals surface area contributed by atoms with Gasteiger partial charge in [-0.2, -0.15) is 0 Å². The smallest absolute Gasteiger partial charge is 0.156 e. The van der Waals surface area contributed by atoms with Gasteiger partial charge in [-0.25, -0.2) is 0 Å². The molecule has 1 aromatic rings. The van der Waals surface area contributed by atoms with Gasteiger partial charge in [-0.15, -0.1) is 0 Å². The molecule has 1 saturated heterocycles. The molecule has 92 valence electrons. The van der Waals surface area contributed by atoms with Crippen molar-refractivity contribution >= 4 is 5.84 Å². The van der Waals surface area contributed by atoms with E-state index < -0.39 is 0 Å². The fourth-order valence-corrected chi connectivity index (χ4v) is 2.31. The van der Waals surface area contributed by atoms with Crippen LogP contribution in [0.2, 0.25) is 0 Å².